The van der Waals surface area contributed by atoms with Crippen LogP contribution in [0.2, 0.25) is 0 Å². The van der Waals surface area contributed by atoms with E-state index in [1.807, 2.05) is 74.8 Å². The molecular weight excluding hydrogens is 703 g/mol. The SMILES string of the molecule is Cc1ccc(-c2[c-]ccc3c2oc2ccc4nc(C(C)(C)C)sc4c23)nc1.Cc1ccc(-c2[c-]cccc2)nc1.[Ir]. The van der Waals surface area contributed by atoms with Gasteiger partial charge in [-0.05, 0) is 48.5 Å². The van der Waals surface area contributed by atoms with Crippen LogP contribution in [0.15, 0.2) is 89.6 Å². The summed E-state index contributed by atoms with van der Waals surface area (Å²) in [6.07, 6.45) is 3.75. The van der Waals surface area contributed by atoms with Crippen molar-refractivity contribution in [1.29, 1.82) is 0 Å². The normalized spacial score (nSPS) is 11.3. The Kier molecular flexibility index (Phi) is 8.19. The predicted octanol–water partition coefficient (Wildman–Crippen LogP) is 9.52. The van der Waals surface area contributed by atoms with Crippen molar-refractivity contribution in [2.24, 2.45) is 0 Å². The Hall–Kier alpha value is -3.70. The Morgan fingerprint density at radius 1 is 0.780 bits per heavy atom. The van der Waals surface area contributed by atoms with Gasteiger partial charge in [0.1, 0.15) is 5.58 Å². The third-order valence-electron chi connectivity index (χ3n) is 6.66. The maximum Gasteiger partial charge on any atom is 0.122 e. The zero-order valence-electron chi connectivity index (χ0n) is 23.6. The first kappa shape index (κ1) is 28.8. The van der Waals surface area contributed by atoms with Crippen LogP contribution in [0.3, 0.4) is 0 Å². The molecule has 4 nitrogen and oxygen atoms in total. The van der Waals surface area contributed by atoms with Crippen LogP contribution in [0.5, 0.6) is 0 Å². The van der Waals surface area contributed by atoms with Gasteiger partial charge < -0.3 is 14.4 Å². The molecule has 0 unspecified atom stereocenters. The number of aryl methyl sites for hydroxylation is 2. The standard InChI is InChI=1S/C23H19N2OS.C12H10N.Ir/c1-13-8-9-16(24-12-13)14-6-5-7-15-19-18(26-20(14)15)11-10-17-21(19)27-22(25-17)23(2,3)4;1-10-7-8-12(13-9-10)11-5-3-2-4-6-11;/h5,7-12H,1-4H3;2-5,7-9H,1H3;/q2*-1;. The van der Waals surface area contributed by atoms with E-state index in [1.54, 1.807) is 11.3 Å². The monoisotopic (exact) mass is 732 g/mol. The number of thiazole rings is 1. The molecule has 0 fully saturated rings. The molecule has 0 aliphatic carbocycles. The molecule has 0 N–H and O–H groups in total. The van der Waals surface area contributed by atoms with E-state index < -0.39 is 0 Å². The van der Waals surface area contributed by atoms with Crippen LogP contribution in [0.1, 0.15) is 36.9 Å². The van der Waals surface area contributed by atoms with Gasteiger partial charge in [-0.25, -0.2) is 4.98 Å². The molecule has 0 saturated carbocycles. The number of benzene rings is 3. The molecule has 0 aliphatic heterocycles. The molecule has 0 saturated heterocycles. The number of hydrogen-bond donors (Lipinski definition) is 0. The molecule has 3 aromatic carbocycles. The van der Waals surface area contributed by atoms with Gasteiger partial charge in [-0.2, -0.15) is 0 Å². The van der Waals surface area contributed by atoms with Crippen molar-refractivity contribution in [3.05, 3.63) is 113 Å². The number of fused-ring (bicyclic) bond motifs is 5. The van der Waals surface area contributed by atoms with Gasteiger partial charge in [0.2, 0.25) is 0 Å². The van der Waals surface area contributed by atoms with Gasteiger partial charge in [0.15, 0.2) is 0 Å². The molecule has 1 radical (unpaired) electrons. The minimum atomic E-state index is 0. The Bertz CT molecular complexity index is 1930. The summed E-state index contributed by atoms with van der Waals surface area (Å²) >= 11 is 1.76. The van der Waals surface area contributed by atoms with E-state index in [-0.39, 0.29) is 25.5 Å². The van der Waals surface area contributed by atoms with Crippen molar-refractivity contribution < 1.29 is 24.5 Å². The van der Waals surface area contributed by atoms with E-state index in [0.29, 0.717) is 0 Å². The second kappa shape index (κ2) is 11.7. The number of furan rings is 1. The molecule has 0 amide bonds. The molecule has 207 valence electrons. The first-order chi connectivity index (χ1) is 19.3. The van der Waals surface area contributed by atoms with Crippen molar-refractivity contribution in [3.8, 4) is 22.5 Å². The maximum atomic E-state index is 6.28. The van der Waals surface area contributed by atoms with Crippen molar-refractivity contribution in [1.82, 2.24) is 15.0 Å². The molecule has 0 bridgehead atoms. The molecule has 4 aromatic heterocycles. The summed E-state index contributed by atoms with van der Waals surface area (Å²) < 4.78 is 7.46. The number of rotatable bonds is 2. The summed E-state index contributed by atoms with van der Waals surface area (Å²) in [5.74, 6) is 0. The molecular formula is C35H29IrN3OS-2. The second-order valence-electron chi connectivity index (χ2n) is 11.0. The van der Waals surface area contributed by atoms with Gasteiger partial charge in [0.05, 0.1) is 20.8 Å². The fourth-order valence-corrected chi connectivity index (χ4v) is 5.69. The minimum Gasteiger partial charge on any atom is -0.501 e. The predicted molar refractivity (Wildman–Crippen MR) is 166 cm³/mol. The van der Waals surface area contributed by atoms with Crippen LogP contribution in [-0.2, 0) is 25.5 Å². The van der Waals surface area contributed by atoms with Crippen LogP contribution in [0.4, 0.5) is 0 Å². The van der Waals surface area contributed by atoms with Crippen molar-refractivity contribution in [2.45, 2.75) is 40.0 Å². The fraction of sp³-hybridized carbons (Fsp3) is 0.171. The third kappa shape index (κ3) is 5.87. The number of pyridine rings is 2. The second-order valence-corrected chi connectivity index (χ2v) is 12.0. The molecule has 0 atom stereocenters. The van der Waals surface area contributed by atoms with Crippen molar-refractivity contribution in [3.63, 3.8) is 0 Å². The maximum absolute atomic E-state index is 6.28. The molecule has 6 heteroatoms. The van der Waals surface area contributed by atoms with Crippen LogP contribution < -0.4 is 0 Å². The summed E-state index contributed by atoms with van der Waals surface area (Å²) in [5, 5.41) is 3.37. The largest absolute Gasteiger partial charge is 0.501 e. The minimum absolute atomic E-state index is 0. The summed E-state index contributed by atoms with van der Waals surface area (Å²) in [4.78, 5) is 13.8. The van der Waals surface area contributed by atoms with Gasteiger partial charge >= 0.3 is 0 Å². The zero-order valence-corrected chi connectivity index (χ0v) is 26.8. The van der Waals surface area contributed by atoms with Crippen LogP contribution in [0.25, 0.3) is 54.7 Å². The van der Waals surface area contributed by atoms with E-state index in [0.717, 1.165) is 60.5 Å². The number of hydrogen-bond acceptors (Lipinski definition) is 5. The van der Waals surface area contributed by atoms with E-state index in [9.17, 15) is 0 Å². The molecule has 41 heavy (non-hydrogen) atoms. The first-order valence-corrected chi connectivity index (χ1v) is 14.1. The van der Waals surface area contributed by atoms with Crippen molar-refractivity contribution in [2.75, 3.05) is 0 Å². The van der Waals surface area contributed by atoms with E-state index in [1.165, 1.54) is 10.3 Å². The molecule has 0 spiro atoms. The van der Waals surface area contributed by atoms with Gasteiger partial charge in [0, 0.05) is 43.3 Å². The zero-order chi connectivity index (χ0) is 27.9. The fourth-order valence-electron chi connectivity index (χ4n) is 4.52. The van der Waals surface area contributed by atoms with Gasteiger partial charge in [-0.1, -0.05) is 56.0 Å². The number of nitrogens with zero attached hydrogens (tertiary/aromatic N) is 3. The third-order valence-corrected chi connectivity index (χ3v) is 8.17. The average Bonchev–Trinajstić information content (AvgIpc) is 3.57. The van der Waals surface area contributed by atoms with Crippen LogP contribution >= 0.6 is 11.3 Å². The quantitative estimate of drug-likeness (QED) is 0.166. The Balaban J connectivity index is 0.000000204. The molecule has 4 heterocycles. The molecule has 0 aliphatic rings. The first-order valence-electron chi connectivity index (χ1n) is 13.3. The smallest absolute Gasteiger partial charge is 0.122 e. The van der Waals surface area contributed by atoms with E-state index >= 15 is 0 Å². The Labute approximate surface area is 257 Å². The summed E-state index contributed by atoms with van der Waals surface area (Å²) in [7, 11) is 0. The topological polar surface area (TPSA) is 51.8 Å². The molecule has 7 rings (SSSR count). The summed E-state index contributed by atoms with van der Waals surface area (Å²) in [6, 6.07) is 30.6. The van der Waals surface area contributed by atoms with Crippen molar-refractivity contribution >= 4 is 43.5 Å². The molecule has 7 aromatic rings. The summed E-state index contributed by atoms with van der Waals surface area (Å²) in [5.41, 5.74) is 8.89. The Morgan fingerprint density at radius 2 is 1.51 bits per heavy atom. The van der Waals surface area contributed by atoms with E-state index in [4.69, 9.17) is 9.40 Å². The van der Waals surface area contributed by atoms with Gasteiger partial charge in [-0.15, -0.1) is 65.4 Å². The van der Waals surface area contributed by atoms with Crippen LogP contribution in [-0.4, -0.2) is 15.0 Å². The summed E-state index contributed by atoms with van der Waals surface area (Å²) in [6.45, 7) is 10.7. The Morgan fingerprint density at radius 3 is 2.15 bits per heavy atom. The average molecular weight is 732 g/mol. The number of aromatic nitrogens is 3. The van der Waals surface area contributed by atoms with Crippen LogP contribution in [0, 0.1) is 26.0 Å². The van der Waals surface area contributed by atoms with E-state index in [2.05, 4.69) is 67.1 Å². The van der Waals surface area contributed by atoms with Gasteiger partial charge in [0.25, 0.3) is 0 Å². The van der Waals surface area contributed by atoms with Gasteiger partial charge in [-0.3, -0.25) is 0 Å².